The van der Waals surface area contributed by atoms with E-state index in [1.807, 2.05) is 6.92 Å². The largest absolute Gasteiger partial charge is 0.360 e. The van der Waals surface area contributed by atoms with E-state index >= 15 is 0 Å². The molecule has 0 saturated carbocycles. The molecule has 3 heterocycles. The molecule has 0 unspecified atom stereocenters. The van der Waals surface area contributed by atoms with Gasteiger partial charge >= 0.3 is 0 Å². The fourth-order valence-electron chi connectivity index (χ4n) is 3.42. The minimum Gasteiger partial charge on any atom is -0.360 e. The minimum absolute atomic E-state index is 0.00711. The maximum atomic E-state index is 12.8. The van der Waals surface area contributed by atoms with Gasteiger partial charge in [0.05, 0.1) is 0 Å². The summed E-state index contributed by atoms with van der Waals surface area (Å²) in [5.74, 6) is 1.54. The van der Waals surface area contributed by atoms with E-state index in [0.717, 1.165) is 12.8 Å². The molecule has 0 aliphatic carbocycles. The van der Waals surface area contributed by atoms with Crippen molar-refractivity contribution in [1.29, 1.82) is 0 Å². The van der Waals surface area contributed by atoms with Gasteiger partial charge in [0.15, 0.2) is 11.6 Å². The average Bonchev–Trinajstić information content (AvgIpc) is 3.28. The molecule has 1 saturated heterocycles. The SMILES string of the molecule is CCCc1noc(CCCC(=O)N2CCN(S(=O)(=O)c3c(C)noc3C)CC2)n1. The van der Waals surface area contributed by atoms with Crippen molar-refractivity contribution in [3.63, 3.8) is 0 Å². The van der Waals surface area contributed by atoms with Crippen LogP contribution in [0.3, 0.4) is 0 Å². The van der Waals surface area contributed by atoms with Crippen molar-refractivity contribution < 1.29 is 22.3 Å². The van der Waals surface area contributed by atoms with E-state index in [0.29, 0.717) is 49.8 Å². The molecule has 1 aliphatic rings. The summed E-state index contributed by atoms with van der Waals surface area (Å²) in [6, 6.07) is 0. The summed E-state index contributed by atoms with van der Waals surface area (Å²) in [7, 11) is -3.67. The van der Waals surface area contributed by atoms with Gasteiger partial charge in [-0.3, -0.25) is 4.79 Å². The highest BCUT2D eigenvalue weighted by atomic mass is 32.2. The van der Waals surface area contributed by atoms with Crippen LogP contribution in [0.2, 0.25) is 0 Å². The molecule has 0 bridgehead atoms. The lowest BCUT2D eigenvalue weighted by molar-refractivity contribution is -0.132. The number of hydrogen-bond acceptors (Lipinski definition) is 8. The fourth-order valence-corrected chi connectivity index (χ4v) is 5.13. The molecule has 3 rings (SSSR count). The van der Waals surface area contributed by atoms with Crippen LogP contribution in [-0.4, -0.2) is 65.0 Å². The molecule has 11 heteroatoms. The Morgan fingerprint density at radius 1 is 1.07 bits per heavy atom. The highest BCUT2D eigenvalue weighted by molar-refractivity contribution is 7.89. The van der Waals surface area contributed by atoms with Crippen LogP contribution in [-0.2, 0) is 27.7 Å². The number of carbonyl (C=O) groups excluding carboxylic acids is 1. The highest BCUT2D eigenvalue weighted by Crippen LogP contribution is 2.24. The molecule has 10 nitrogen and oxygen atoms in total. The van der Waals surface area contributed by atoms with Gasteiger partial charge in [-0.1, -0.05) is 17.2 Å². The van der Waals surface area contributed by atoms with E-state index in [1.54, 1.807) is 18.7 Å². The summed E-state index contributed by atoms with van der Waals surface area (Å²) in [6.45, 7) is 6.47. The third-order valence-corrected chi connectivity index (χ3v) is 7.07. The van der Waals surface area contributed by atoms with Crippen molar-refractivity contribution >= 4 is 15.9 Å². The molecular weight excluding hydrogens is 398 g/mol. The molecule has 29 heavy (non-hydrogen) atoms. The maximum Gasteiger partial charge on any atom is 0.248 e. The Hall–Kier alpha value is -2.27. The molecule has 2 aromatic rings. The fraction of sp³-hybridized carbons (Fsp3) is 0.667. The number of sulfonamides is 1. The van der Waals surface area contributed by atoms with Crippen molar-refractivity contribution in [2.75, 3.05) is 26.2 Å². The first kappa shape index (κ1) is 21.4. The van der Waals surface area contributed by atoms with Gasteiger partial charge < -0.3 is 13.9 Å². The summed E-state index contributed by atoms with van der Waals surface area (Å²) in [5, 5.41) is 7.63. The van der Waals surface area contributed by atoms with E-state index < -0.39 is 10.0 Å². The molecule has 0 aromatic carbocycles. The van der Waals surface area contributed by atoms with Gasteiger partial charge in [-0.05, 0) is 26.7 Å². The number of aromatic nitrogens is 3. The first-order valence-electron chi connectivity index (χ1n) is 9.85. The Labute approximate surface area is 170 Å². The van der Waals surface area contributed by atoms with Crippen LogP contribution in [0.4, 0.5) is 0 Å². The van der Waals surface area contributed by atoms with Gasteiger partial charge in [0.1, 0.15) is 10.6 Å². The second-order valence-corrected chi connectivity index (χ2v) is 9.02. The summed E-state index contributed by atoms with van der Waals surface area (Å²) in [5.41, 5.74) is 0.351. The first-order valence-corrected chi connectivity index (χ1v) is 11.3. The van der Waals surface area contributed by atoms with Crippen molar-refractivity contribution in [1.82, 2.24) is 24.5 Å². The van der Waals surface area contributed by atoms with Crippen LogP contribution in [0.5, 0.6) is 0 Å². The monoisotopic (exact) mass is 425 g/mol. The third kappa shape index (κ3) is 4.84. The molecule has 0 spiro atoms. The maximum absolute atomic E-state index is 12.8. The van der Waals surface area contributed by atoms with E-state index in [4.69, 9.17) is 9.05 Å². The number of amides is 1. The first-order chi connectivity index (χ1) is 13.8. The lowest BCUT2D eigenvalue weighted by Crippen LogP contribution is -2.50. The van der Waals surface area contributed by atoms with Gasteiger partial charge in [0, 0.05) is 45.4 Å². The Bertz CT molecular complexity index is 924. The Balaban J connectivity index is 1.48. The normalized spacial score (nSPS) is 15.8. The van der Waals surface area contributed by atoms with Gasteiger partial charge in [-0.2, -0.15) is 9.29 Å². The summed E-state index contributed by atoms with van der Waals surface area (Å²) in [4.78, 5) is 18.6. The number of carbonyl (C=O) groups is 1. The second-order valence-electron chi connectivity index (χ2n) is 7.15. The van der Waals surface area contributed by atoms with Crippen molar-refractivity contribution in [3.05, 3.63) is 23.2 Å². The highest BCUT2D eigenvalue weighted by Gasteiger charge is 2.34. The van der Waals surface area contributed by atoms with Crippen LogP contribution in [0.15, 0.2) is 13.9 Å². The average molecular weight is 426 g/mol. The van der Waals surface area contributed by atoms with Crippen LogP contribution < -0.4 is 0 Å². The number of rotatable bonds is 8. The molecule has 160 valence electrons. The van der Waals surface area contributed by atoms with Crippen molar-refractivity contribution in [2.45, 2.75) is 57.8 Å². The quantitative estimate of drug-likeness (QED) is 0.623. The molecule has 1 aliphatic heterocycles. The smallest absolute Gasteiger partial charge is 0.248 e. The Morgan fingerprint density at radius 3 is 2.41 bits per heavy atom. The number of hydrogen-bond donors (Lipinski definition) is 0. The van der Waals surface area contributed by atoms with E-state index in [1.165, 1.54) is 4.31 Å². The summed E-state index contributed by atoms with van der Waals surface area (Å²) >= 11 is 0. The van der Waals surface area contributed by atoms with Crippen LogP contribution in [0, 0.1) is 13.8 Å². The van der Waals surface area contributed by atoms with Gasteiger partial charge in [-0.25, -0.2) is 8.42 Å². The lowest BCUT2D eigenvalue weighted by Gasteiger charge is -2.34. The molecule has 0 atom stereocenters. The predicted molar refractivity (Wildman–Crippen MR) is 103 cm³/mol. The zero-order valence-corrected chi connectivity index (χ0v) is 17.9. The van der Waals surface area contributed by atoms with Crippen molar-refractivity contribution in [3.8, 4) is 0 Å². The van der Waals surface area contributed by atoms with E-state index in [9.17, 15) is 13.2 Å². The Kier molecular flexibility index (Phi) is 6.68. The molecule has 1 fully saturated rings. The summed E-state index contributed by atoms with van der Waals surface area (Å²) in [6.07, 6.45) is 3.27. The Morgan fingerprint density at radius 2 is 1.79 bits per heavy atom. The number of piperazine rings is 1. The molecule has 2 aromatic heterocycles. The van der Waals surface area contributed by atoms with Crippen molar-refractivity contribution in [2.24, 2.45) is 0 Å². The topological polar surface area (TPSA) is 123 Å². The second kappa shape index (κ2) is 9.04. The van der Waals surface area contributed by atoms with Crippen LogP contribution in [0.25, 0.3) is 0 Å². The molecule has 0 radical (unpaired) electrons. The minimum atomic E-state index is -3.67. The number of aryl methyl sites for hydroxylation is 4. The van der Waals surface area contributed by atoms with Crippen LogP contribution >= 0.6 is 0 Å². The lowest BCUT2D eigenvalue weighted by atomic mass is 10.2. The zero-order chi connectivity index (χ0) is 21.0. The zero-order valence-electron chi connectivity index (χ0n) is 17.0. The molecule has 1 amide bonds. The van der Waals surface area contributed by atoms with Gasteiger partial charge in [0.2, 0.25) is 21.8 Å². The summed E-state index contributed by atoms with van der Waals surface area (Å²) < 4.78 is 37.2. The van der Waals surface area contributed by atoms with Gasteiger partial charge in [-0.15, -0.1) is 0 Å². The molecule has 0 N–H and O–H groups in total. The predicted octanol–water partition coefficient (Wildman–Crippen LogP) is 1.48. The number of nitrogens with zero attached hydrogens (tertiary/aromatic N) is 5. The standard InChI is InChI=1S/C18H27N5O5S/c1-4-6-15-19-16(28-21-15)7-5-8-17(24)22-9-11-23(12-10-22)29(25,26)18-13(2)20-27-14(18)3/h4-12H2,1-3H3. The molecular formula is C18H27N5O5S. The van der Waals surface area contributed by atoms with Gasteiger partial charge in [0.25, 0.3) is 0 Å². The third-order valence-electron chi connectivity index (χ3n) is 4.92. The van der Waals surface area contributed by atoms with E-state index in [-0.39, 0.29) is 29.7 Å². The van der Waals surface area contributed by atoms with E-state index in [2.05, 4.69) is 15.3 Å². The van der Waals surface area contributed by atoms with Crippen LogP contribution in [0.1, 0.15) is 49.4 Å².